The Morgan fingerprint density at radius 3 is 2.59 bits per heavy atom. The van der Waals surface area contributed by atoms with Gasteiger partial charge in [-0.1, -0.05) is 30.3 Å². The molecule has 0 saturated heterocycles. The van der Waals surface area contributed by atoms with E-state index in [2.05, 4.69) is 10.1 Å². The van der Waals surface area contributed by atoms with Crippen LogP contribution in [0, 0.1) is 0 Å². The van der Waals surface area contributed by atoms with Crippen LogP contribution in [0.4, 0.5) is 4.79 Å². The molecule has 6 heteroatoms. The molecule has 1 heterocycles. The van der Waals surface area contributed by atoms with Crippen LogP contribution in [0.2, 0.25) is 0 Å². The number of alkyl carbamates (subject to hydrolysis) is 1. The quantitative estimate of drug-likeness (QED) is 0.859. The average molecular weight is 303 g/mol. The minimum atomic E-state index is -0.565. The molecule has 0 aliphatic rings. The summed E-state index contributed by atoms with van der Waals surface area (Å²) in [5.74, 6) is -0.0361. The highest BCUT2D eigenvalue weighted by Gasteiger charge is 2.17. The molecule has 0 aliphatic carbocycles. The van der Waals surface area contributed by atoms with Crippen LogP contribution in [0.5, 0.6) is 0 Å². The smallest absolute Gasteiger partial charge is 0.408 e. The van der Waals surface area contributed by atoms with Gasteiger partial charge in [0, 0.05) is 0 Å². The summed E-state index contributed by atoms with van der Waals surface area (Å²) in [6, 6.07) is 12.0. The molecule has 0 saturated carbocycles. The lowest BCUT2D eigenvalue weighted by Crippen LogP contribution is -2.27. The highest BCUT2D eigenvalue weighted by Crippen LogP contribution is 2.17. The number of carbonyl (C=O) groups is 2. The summed E-state index contributed by atoms with van der Waals surface area (Å²) in [5.41, 5.74) is 0.899. The zero-order chi connectivity index (χ0) is 15.9. The summed E-state index contributed by atoms with van der Waals surface area (Å²) in [7, 11) is 1.27. The highest BCUT2D eigenvalue weighted by atomic mass is 16.5. The van der Waals surface area contributed by atoms with Crippen molar-refractivity contribution in [2.45, 2.75) is 19.6 Å². The van der Waals surface area contributed by atoms with E-state index in [1.54, 1.807) is 13.0 Å². The van der Waals surface area contributed by atoms with Crippen LogP contribution in [0.25, 0.3) is 0 Å². The Bertz CT molecular complexity index is 635. The Labute approximate surface area is 128 Å². The lowest BCUT2D eigenvalue weighted by molar-refractivity contribution is 0.0562. The first-order valence-corrected chi connectivity index (χ1v) is 6.75. The molecule has 2 aromatic rings. The van der Waals surface area contributed by atoms with E-state index in [0.717, 1.165) is 5.56 Å². The molecule has 1 aromatic heterocycles. The summed E-state index contributed by atoms with van der Waals surface area (Å²) in [6.07, 6.45) is -0.563. The maximum absolute atomic E-state index is 11.7. The Morgan fingerprint density at radius 1 is 1.18 bits per heavy atom. The van der Waals surface area contributed by atoms with E-state index in [4.69, 9.17) is 9.15 Å². The van der Waals surface area contributed by atoms with E-state index >= 15 is 0 Å². The first-order chi connectivity index (χ1) is 10.6. The fraction of sp³-hybridized carbons (Fsp3) is 0.250. The van der Waals surface area contributed by atoms with Crippen molar-refractivity contribution in [2.24, 2.45) is 0 Å². The molecular weight excluding hydrogens is 286 g/mol. The highest BCUT2D eigenvalue weighted by molar-refractivity contribution is 5.86. The molecule has 22 heavy (non-hydrogen) atoms. The number of hydrogen-bond donors (Lipinski definition) is 1. The van der Waals surface area contributed by atoms with Gasteiger partial charge in [-0.15, -0.1) is 0 Å². The third-order valence-corrected chi connectivity index (χ3v) is 2.99. The van der Waals surface area contributed by atoms with Crippen molar-refractivity contribution >= 4 is 12.1 Å². The number of carbonyl (C=O) groups excluding carboxylic acids is 2. The van der Waals surface area contributed by atoms with Crippen molar-refractivity contribution < 1.29 is 23.5 Å². The van der Waals surface area contributed by atoms with Crippen molar-refractivity contribution in [3.05, 3.63) is 59.5 Å². The number of furan rings is 1. The van der Waals surface area contributed by atoms with E-state index in [1.165, 1.54) is 13.2 Å². The van der Waals surface area contributed by atoms with Gasteiger partial charge in [-0.25, -0.2) is 9.59 Å². The number of ether oxygens (including phenoxy) is 2. The molecule has 1 aromatic carbocycles. The van der Waals surface area contributed by atoms with Crippen LogP contribution in [0.1, 0.15) is 34.8 Å². The summed E-state index contributed by atoms with van der Waals surface area (Å²) < 4.78 is 15.0. The van der Waals surface area contributed by atoms with Crippen molar-refractivity contribution in [1.82, 2.24) is 5.32 Å². The zero-order valence-electron chi connectivity index (χ0n) is 12.4. The molecule has 0 bridgehead atoms. The van der Waals surface area contributed by atoms with E-state index < -0.39 is 18.1 Å². The van der Waals surface area contributed by atoms with Gasteiger partial charge in [-0.05, 0) is 24.6 Å². The van der Waals surface area contributed by atoms with Crippen LogP contribution in [0.3, 0.4) is 0 Å². The predicted molar refractivity (Wildman–Crippen MR) is 78.2 cm³/mol. The fourth-order valence-corrected chi connectivity index (χ4v) is 1.81. The van der Waals surface area contributed by atoms with Gasteiger partial charge >= 0.3 is 12.1 Å². The molecule has 1 N–H and O–H groups in total. The number of methoxy groups -OCH3 is 1. The topological polar surface area (TPSA) is 77.8 Å². The third-order valence-electron chi connectivity index (χ3n) is 2.99. The Kier molecular flexibility index (Phi) is 5.19. The lowest BCUT2D eigenvalue weighted by atomic mass is 10.2. The second-order valence-electron chi connectivity index (χ2n) is 4.62. The van der Waals surface area contributed by atoms with E-state index in [-0.39, 0.29) is 12.4 Å². The summed E-state index contributed by atoms with van der Waals surface area (Å²) >= 11 is 0. The van der Waals surface area contributed by atoms with Gasteiger partial charge in [0.1, 0.15) is 12.4 Å². The molecule has 0 spiro atoms. The van der Waals surface area contributed by atoms with Gasteiger partial charge < -0.3 is 19.2 Å². The van der Waals surface area contributed by atoms with Gasteiger partial charge in [-0.2, -0.15) is 0 Å². The Morgan fingerprint density at radius 2 is 1.91 bits per heavy atom. The maximum Gasteiger partial charge on any atom is 0.408 e. The summed E-state index contributed by atoms with van der Waals surface area (Å²) in [4.78, 5) is 23.0. The fourth-order valence-electron chi connectivity index (χ4n) is 1.81. The van der Waals surface area contributed by atoms with Crippen LogP contribution in [0.15, 0.2) is 46.9 Å². The predicted octanol–water partition coefficient (Wildman–Crippen LogP) is 3.05. The normalized spacial score (nSPS) is 11.5. The van der Waals surface area contributed by atoms with E-state index in [1.807, 2.05) is 30.3 Å². The molecule has 0 unspecified atom stereocenters. The first-order valence-electron chi connectivity index (χ1n) is 6.75. The molecular formula is C16H17NO5. The molecule has 2 rings (SSSR count). The first kappa shape index (κ1) is 15.6. The lowest BCUT2D eigenvalue weighted by Gasteiger charge is -2.11. The van der Waals surface area contributed by atoms with Crippen LogP contribution in [-0.2, 0) is 16.1 Å². The van der Waals surface area contributed by atoms with Crippen LogP contribution >= 0.6 is 0 Å². The number of amides is 1. The zero-order valence-corrected chi connectivity index (χ0v) is 12.4. The minimum absolute atomic E-state index is 0.0869. The summed E-state index contributed by atoms with van der Waals surface area (Å²) in [6.45, 7) is 1.91. The minimum Gasteiger partial charge on any atom is -0.463 e. The second-order valence-corrected chi connectivity index (χ2v) is 4.62. The number of hydrogen-bond acceptors (Lipinski definition) is 5. The Balaban J connectivity index is 1.85. The average Bonchev–Trinajstić information content (AvgIpc) is 3.03. The van der Waals surface area contributed by atoms with Gasteiger partial charge in [0.15, 0.2) is 0 Å². The summed E-state index contributed by atoms with van der Waals surface area (Å²) in [5, 5.41) is 2.63. The molecule has 0 radical (unpaired) electrons. The number of rotatable bonds is 5. The number of benzene rings is 1. The van der Waals surface area contributed by atoms with Crippen molar-refractivity contribution in [1.29, 1.82) is 0 Å². The van der Waals surface area contributed by atoms with Crippen LogP contribution in [-0.4, -0.2) is 19.2 Å². The largest absolute Gasteiger partial charge is 0.463 e. The number of nitrogens with one attached hydrogen (secondary N) is 1. The van der Waals surface area contributed by atoms with Gasteiger partial charge in [0.05, 0.1) is 13.2 Å². The van der Waals surface area contributed by atoms with Crippen molar-refractivity contribution in [2.75, 3.05) is 7.11 Å². The van der Waals surface area contributed by atoms with Crippen molar-refractivity contribution in [3.8, 4) is 0 Å². The Hall–Kier alpha value is -2.76. The third kappa shape index (κ3) is 4.12. The molecule has 6 nitrogen and oxygen atoms in total. The standard InChI is InChI=1S/C16H17NO5/c1-11(13-8-9-14(22-13)15(18)20-2)17-16(19)21-10-12-6-4-3-5-7-12/h3-9,11H,10H2,1-2H3,(H,17,19)/t11-/m1/s1. The number of esters is 1. The molecule has 0 fully saturated rings. The van der Waals surface area contributed by atoms with Gasteiger partial charge in [0.25, 0.3) is 0 Å². The van der Waals surface area contributed by atoms with E-state index in [9.17, 15) is 9.59 Å². The van der Waals surface area contributed by atoms with E-state index in [0.29, 0.717) is 5.76 Å². The molecule has 0 aliphatic heterocycles. The molecule has 116 valence electrons. The molecule has 1 atom stereocenters. The van der Waals surface area contributed by atoms with Crippen LogP contribution < -0.4 is 5.32 Å². The SMILES string of the molecule is COC(=O)c1ccc([C@@H](C)NC(=O)OCc2ccccc2)o1. The molecule has 1 amide bonds. The maximum atomic E-state index is 11.7. The second kappa shape index (κ2) is 7.31. The monoisotopic (exact) mass is 303 g/mol. The van der Waals surface area contributed by atoms with Crippen molar-refractivity contribution in [3.63, 3.8) is 0 Å². The van der Waals surface area contributed by atoms with Gasteiger partial charge in [0.2, 0.25) is 5.76 Å². The van der Waals surface area contributed by atoms with Gasteiger partial charge in [-0.3, -0.25) is 0 Å².